The van der Waals surface area contributed by atoms with E-state index < -0.39 is 15.8 Å². The number of benzene rings is 1. The Morgan fingerprint density at radius 3 is 2.85 bits per heavy atom. The van der Waals surface area contributed by atoms with Crippen LogP contribution in [-0.2, 0) is 15.9 Å². The molecule has 0 aliphatic carbocycles. The Labute approximate surface area is 128 Å². The fourth-order valence-electron chi connectivity index (χ4n) is 2.13. The molecule has 0 radical (unpaired) electrons. The molecule has 0 spiro atoms. The smallest absolute Gasteiger partial charge is 0.207 e. The van der Waals surface area contributed by atoms with Crippen LogP contribution in [0.1, 0.15) is 18.9 Å². The van der Waals surface area contributed by atoms with E-state index in [4.69, 9.17) is 11.6 Å². The van der Waals surface area contributed by atoms with Gasteiger partial charge in [0.1, 0.15) is 10.7 Å². The summed E-state index contributed by atoms with van der Waals surface area (Å²) in [7, 11) is -3.76. The Morgan fingerprint density at radius 1 is 1.50 bits per heavy atom. The second-order valence-electron chi connectivity index (χ2n) is 4.66. The lowest BCUT2D eigenvalue weighted by Gasteiger charge is -2.31. The van der Waals surface area contributed by atoms with Crippen LogP contribution in [0.4, 0.5) is 4.39 Å². The minimum atomic E-state index is -3.76. The number of nitrogens with zero attached hydrogens (tertiary/aromatic N) is 1. The number of alkyl halides is 1. The lowest BCUT2D eigenvalue weighted by molar-refractivity contribution is 0.412. The van der Waals surface area contributed by atoms with Crippen LogP contribution in [0.25, 0.3) is 0 Å². The van der Waals surface area contributed by atoms with Gasteiger partial charge in [-0.25, -0.2) is 12.8 Å². The zero-order chi connectivity index (χ0) is 14.8. The minimum absolute atomic E-state index is 0.162. The van der Waals surface area contributed by atoms with Gasteiger partial charge in [-0.05, 0) is 24.1 Å². The highest BCUT2D eigenvalue weighted by Gasteiger charge is 2.31. The molecule has 0 N–H and O–H groups in total. The number of rotatable bonds is 4. The van der Waals surface area contributed by atoms with Crippen molar-refractivity contribution in [1.29, 1.82) is 0 Å². The monoisotopic (exact) mass is 337 g/mol. The molecule has 1 atom stereocenters. The third-order valence-electron chi connectivity index (χ3n) is 3.33. The quantitative estimate of drug-likeness (QED) is 0.792. The van der Waals surface area contributed by atoms with Gasteiger partial charge in [-0.1, -0.05) is 13.0 Å². The average Bonchev–Trinajstić information content (AvgIpc) is 2.46. The van der Waals surface area contributed by atoms with Crippen LogP contribution in [0.15, 0.2) is 23.1 Å². The van der Waals surface area contributed by atoms with E-state index in [0.717, 1.165) is 12.2 Å². The van der Waals surface area contributed by atoms with E-state index in [1.807, 2.05) is 6.92 Å². The third kappa shape index (κ3) is 3.30. The molecule has 0 saturated carbocycles. The maximum absolute atomic E-state index is 14.0. The first-order valence-electron chi connectivity index (χ1n) is 6.45. The van der Waals surface area contributed by atoms with E-state index in [1.165, 1.54) is 16.4 Å². The predicted octanol–water partition coefficient (Wildman–Crippen LogP) is 3.08. The molecule has 1 saturated heterocycles. The molecule has 1 aromatic carbocycles. The van der Waals surface area contributed by atoms with Crippen molar-refractivity contribution in [2.75, 3.05) is 18.8 Å². The van der Waals surface area contributed by atoms with Crippen molar-refractivity contribution in [3.8, 4) is 0 Å². The average molecular weight is 338 g/mol. The van der Waals surface area contributed by atoms with Gasteiger partial charge in [0.2, 0.25) is 10.0 Å². The highest BCUT2D eigenvalue weighted by molar-refractivity contribution is 8.00. The fraction of sp³-hybridized carbons (Fsp3) is 0.538. The standard InChI is InChI=1S/C13H17ClFNO2S2/c1-2-11-9-16(5-6-19-11)20(17,18)13-4-3-10(8-14)7-12(13)15/h3-4,7,11H,2,5-6,8-9H2,1H3. The lowest BCUT2D eigenvalue weighted by atomic mass is 10.2. The Hall–Kier alpha value is -0.300. The van der Waals surface area contributed by atoms with Crippen molar-refractivity contribution < 1.29 is 12.8 Å². The van der Waals surface area contributed by atoms with E-state index in [9.17, 15) is 12.8 Å². The highest BCUT2D eigenvalue weighted by atomic mass is 35.5. The molecule has 1 fully saturated rings. The van der Waals surface area contributed by atoms with Crippen LogP contribution >= 0.6 is 23.4 Å². The number of thioether (sulfide) groups is 1. The fourth-order valence-corrected chi connectivity index (χ4v) is 5.22. The van der Waals surface area contributed by atoms with Gasteiger partial charge in [-0.15, -0.1) is 11.6 Å². The molecule has 0 amide bonds. The number of sulfonamides is 1. The summed E-state index contributed by atoms with van der Waals surface area (Å²) >= 11 is 7.39. The Kier molecular flexibility index (Phi) is 5.34. The normalized spacial score (nSPS) is 21.1. The third-order valence-corrected chi connectivity index (χ3v) is 6.90. The maximum Gasteiger partial charge on any atom is 0.246 e. The summed E-state index contributed by atoms with van der Waals surface area (Å²) < 4.78 is 40.4. The highest BCUT2D eigenvalue weighted by Crippen LogP contribution is 2.27. The first-order valence-corrected chi connectivity index (χ1v) is 9.47. The van der Waals surface area contributed by atoms with Crippen molar-refractivity contribution in [1.82, 2.24) is 4.31 Å². The summed E-state index contributed by atoms with van der Waals surface area (Å²) in [6.07, 6.45) is 0.907. The van der Waals surface area contributed by atoms with Crippen molar-refractivity contribution in [2.45, 2.75) is 29.4 Å². The van der Waals surface area contributed by atoms with E-state index in [1.54, 1.807) is 17.8 Å². The summed E-state index contributed by atoms with van der Waals surface area (Å²) in [5.41, 5.74) is 0.573. The largest absolute Gasteiger partial charge is 0.246 e. The first kappa shape index (κ1) is 16.1. The summed E-state index contributed by atoms with van der Waals surface area (Å²) in [6.45, 7) is 2.91. The molecule has 1 aromatic rings. The number of halogens is 2. The number of hydrogen-bond acceptors (Lipinski definition) is 3. The van der Waals surface area contributed by atoms with Gasteiger partial charge in [-0.3, -0.25) is 0 Å². The zero-order valence-corrected chi connectivity index (χ0v) is 13.6. The molecule has 1 heterocycles. The zero-order valence-electron chi connectivity index (χ0n) is 11.2. The van der Waals surface area contributed by atoms with E-state index in [0.29, 0.717) is 18.7 Å². The van der Waals surface area contributed by atoms with Crippen LogP contribution in [0.3, 0.4) is 0 Å². The molecule has 20 heavy (non-hydrogen) atoms. The van der Waals surface area contributed by atoms with Gasteiger partial charge >= 0.3 is 0 Å². The Balaban J connectivity index is 2.30. The molecule has 0 bridgehead atoms. The van der Waals surface area contributed by atoms with Crippen molar-refractivity contribution in [3.05, 3.63) is 29.6 Å². The summed E-state index contributed by atoms with van der Waals surface area (Å²) in [6, 6.07) is 4.06. The van der Waals surface area contributed by atoms with Crippen LogP contribution in [0, 0.1) is 5.82 Å². The lowest BCUT2D eigenvalue weighted by Crippen LogP contribution is -2.41. The molecular formula is C13H17ClFNO2S2. The van der Waals surface area contributed by atoms with Gasteiger partial charge in [0, 0.05) is 30.0 Å². The molecular weight excluding hydrogens is 321 g/mol. The van der Waals surface area contributed by atoms with E-state index >= 15 is 0 Å². The maximum atomic E-state index is 14.0. The molecule has 112 valence electrons. The molecule has 1 unspecified atom stereocenters. The van der Waals surface area contributed by atoms with Crippen LogP contribution in [-0.4, -0.2) is 36.8 Å². The topological polar surface area (TPSA) is 37.4 Å². The second-order valence-corrected chi connectivity index (χ2v) is 8.24. The Morgan fingerprint density at radius 2 is 2.25 bits per heavy atom. The van der Waals surface area contributed by atoms with Crippen molar-refractivity contribution in [3.63, 3.8) is 0 Å². The van der Waals surface area contributed by atoms with Gasteiger partial charge in [-0.2, -0.15) is 16.1 Å². The predicted molar refractivity (Wildman–Crippen MR) is 81.3 cm³/mol. The SMILES string of the molecule is CCC1CN(S(=O)(=O)c2ccc(CCl)cc2F)CCS1. The molecule has 7 heteroatoms. The van der Waals surface area contributed by atoms with Crippen molar-refractivity contribution in [2.24, 2.45) is 0 Å². The molecule has 1 aliphatic rings. The first-order chi connectivity index (χ1) is 9.48. The van der Waals surface area contributed by atoms with Crippen molar-refractivity contribution >= 4 is 33.4 Å². The molecule has 0 aromatic heterocycles. The summed E-state index contributed by atoms with van der Waals surface area (Å²) in [5.74, 6) is 0.184. The minimum Gasteiger partial charge on any atom is -0.207 e. The van der Waals surface area contributed by atoms with E-state index in [2.05, 4.69) is 0 Å². The van der Waals surface area contributed by atoms with Crippen LogP contribution in [0.5, 0.6) is 0 Å². The second kappa shape index (κ2) is 6.64. The van der Waals surface area contributed by atoms with Crippen LogP contribution < -0.4 is 0 Å². The van der Waals surface area contributed by atoms with Gasteiger partial charge in [0.05, 0.1) is 0 Å². The van der Waals surface area contributed by atoms with E-state index in [-0.39, 0.29) is 16.0 Å². The van der Waals surface area contributed by atoms with Gasteiger partial charge in [0.25, 0.3) is 0 Å². The van der Waals surface area contributed by atoms with Gasteiger partial charge < -0.3 is 0 Å². The van der Waals surface area contributed by atoms with Crippen LogP contribution in [0.2, 0.25) is 0 Å². The molecule has 2 rings (SSSR count). The molecule has 3 nitrogen and oxygen atoms in total. The molecule has 1 aliphatic heterocycles. The summed E-state index contributed by atoms with van der Waals surface area (Å²) in [5, 5.41) is 0.281. The Bertz CT molecular complexity index is 580. The summed E-state index contributed by atoms with van der Waals surface area (Å²) in [4.78, 5) is -0.256. The van der Waals surface area contributed by atoms with Gasteiger partial charge in [0.15, 0.2) is 0 Å². The number of hydrogen-bond donors (Lipinski definition) is 0.